The van der Waals surface area contributed by atoms with Crippen LogP contribution in [0.3, 0.4) is 0 Å². The van der Waals surface area contributed by atoms with E-state index in [4.69, 9.17) is 0 Å². The minimum absolute atomic E-state index is 0.106. The van der Waals surface area contributed by atoms with E-state index >= 15 is 0 Å². The number of aromatic nitrogens is 2. The molecule has 1 aliphatic heterocycles. The third-order valence-corrected chi connectivity index (χ3v) is 6.11. The van der Waals surface area contributed by atoms with Crippen LogP contribution >= 0.6 is 0 Å². The van der Waals surface area contributed by atoms with Gasteiger partial charge in [-0.3, -0.25) is 9.58 Å². The van der Waals surface area contributed by atoms with Crippen molar-refractivity contribution in [3.63, 3.8) is 0 Å². The summed E-state index contributed by atoms with van der Waals surface area (Å²) >= 11 is 0. The summed E-state index contributed by atoms with van der Waals surface area (Å²) in [5.74, 6) is 0. The third-order valence-electron chi connectivity index (χ3n) is 6.11. The van der Waals surface area contributed by atoms with Crippen LogP contribution in [-0.4, -0.2) is 45.9 Å². The second-order valence-electron chi connectivity index (χ2n) is 7.61. The highest BCUT2D eigenvalue weighted by molar-refractivity contribution is 5.89. The fourth-order valence-corrected chi connectivity index (χ4v) is 4.59. The van der Waals surface area contributed by atoms with E-state index < -0.39 is 0 Å². The van der Waals surface area contributed by atoms with Crippen molar-refractivity contribution in [2.24, 2.45) is 0 Å². The number of likely N-dealkylation sites (tertiary alicyclic amines) is 1. The van der Waals surface area contributed by atoms with Gasteiger partial charge < -0.3 is 10.6 Å². The standard InChI is InChI=1S/C17H27N5O/c1-21-11-13(9-17(21)7-4-8-17)19-16(23)20-14-10-18-22(12-14)15-5-2-3-6-15/h10,12-13,15H,2-9,11H2,1H3,(H2,19,20,23). The molecular weight excluding hydrogens is 290 g/mol. The number of hydrogen-bond acceptors (Lipinski definition) is 3. The van der Waals surface area contributed by atoms with Crippen molar-refractivity contribution in [2.75, 3.05) is 18.9 Å². The van der Waals surface area contributed by atoms with E-state index in [1.54, 1.807) is 6.20 Å². The zero-order valence-electron chi connectivity index (χ0n) is 13.9. The van der Waals surface area contributed by atoms with Crippen LogP contribution in [0, 0.1) is 0 Å². The summed E-state index contributed by atoms with van der Waals surface area (Å²) in [7, 11) is 2.18. The zero-order chi connectivity index (χ0) is 15.9. The Morgan fingerprint density at radius 1 is 1.30 bits per heavy atom. The Kier molecular flexibility index (Phi) is 3.79. The van der Waals surface area contributed by atoms with Gasteiger partial charge in [-0.05, 0) is 45.6 Å². The zero-order valence-corrected chi connectivity index (χ0v) is 13.9. The van der Waals surface area contributed by atoms with Gasteiger partial charge in [-0.2, -0.15) is 5.10 Å². The van der Waals surface area contributed by atoms with Gasteiger partial charge in [0.25, 0.3) is 0 Å². The fraction of sp³-hybridized carbons (Fsp3) is 0.765. The summed E-state index contributed by atoms with van der Waals surface area (Å²) in [5.41, 5.74) is 1.16. The van der Waals surface area contributed by atoms with E-state index in [1.165, 1.54) is 44.9 Å². The summed E-state index contributed by atoms with van der Waals surface area (Å²) in [6.07, 6.45) is 13.6. The van der Waals surface area contributed by atoms with Crippen LogP contribution < -0.4 is 10.6 Å². The Labute approximate surface area is 137 Å². The number of carbonyl (C=O) groups is 1. The number of nitrogens with one attached hydrogen (secondary N) is 2. The molecule has 3 fully saturated rings. The van der Waals surface area contributed by atoms with Gasteiger partial charge >= 0.3 is 6.03 Å². The van der Waals surface area contributed by atoms with Crippen LogP contribution in [0.2, 0.25) is 0 Å². The van der Waals surface area contributed by atoms with E-state index in [1.807, 2.05) is 10.9 Å². The molecule has 2 aliphatic carbocycles. The van der Waals surface area contributed by atoms with Crippen LogP contribution in [0.25, 0.3) is 0 Å². The SMILES string of the molecule is CN1CC(NC(=O)Nc2cnn(C3CCCC3)c2)CC12CCC2. The highest BCUT2D eigenvalue weighted by Crippen LogP contribution is 2.44. The molecule has 23 heavy (non-hydrogen) atoms. The molecule has 0 radical (unpaired) electrons. The number of rotatable bonds is 3. The van der Waals surface area contributed by atoms with Gasteiger partial charge in [-0.15, -0.1) is 0 Å². The lowest BCUT2D eigenvalue weighted by Crippen LogP contribution is -2.47. The molecule has 3 aliphatic rings. The molecule has 2 amide bonds. The van der Waals surface area contributed by atoms with E-state index in [2.05, 4.69) is 27.7 Å². The van der Waals surface area contributed by atoms with Crippen molar-refractivity contribution < 1.29 is 4.79 Å². The molecule has 1 unspecified atom stereocenters. The largest absolute Gasteiger partial charge is 0.334 e. The third kappa shape index (κ3) is 2.84. The molecule has 1 saturated heterocycles. The maximum atomic E-state index is 12.2. The predicted molar refractivity (Wildman–Crippen MR) is 89.5 cm³/mol. The maximum Gasteiger partial charge on any atom is 0.319 e. The Morgan fingerprint density at radius 2 is 2.09 bits per heavy atom. The summed E-state index contributed by atoms with van der Waals surface area (Å²) in [6, 6.07) is 0.659. The van der Waals surface area contributed by atoms with Crippen molar-refractivity contribution in [1.82, 2.24) is 20.0 Å². The first-order chi connectivity index (χ1) is 11.1. The smallest absolute Gasteiger partial charge is 0.319 e. The topological polar surface area (TPSA) is 62.2 Å². The summed E-state index contributed by atoms with van der Waals surface area (Å²) in [5, 5.41) is 10.5. The Balaban J connectivity index is 1.30. The monoisotopic (exact) mass is 317 g/mol. The van der Waals surface area contributed by atoms with Crippen LogP contribution in [-0.2, 0) is 0 Å². The molecule has 4 rings (SSSR count). The van der Waals surface area contributed by atoms with E-state index in [0.29, 0.717) is 11.6 Å². The van der Waals surface area contributed by atoms with Crippen molar-refractivity contribution in [3.05, 3.63) is 12.4 Å². The van der Waals surface area contributed by atoms with E-state index in [9.17, 15) is 4.79 Å². The Hall–Kier alpha value is -1.56. The highest BCUT2D eigenvalue weighted by atomic mass is 16.2. The van der Waals surface area contributed by atoms with Gasteiger partial charge in [-0.25, -0.2) is 4.79 Å². The number of hydrogen-bond donors (Lipinski definition) is 2. The second-order valence-corrected chi connectivity index (χ2v) is 7.61. The van der Waals surface area contributed by atoms with Crippen molar-refractivity contribution >= 4 is 11.7 Å². The van der Waals surface area contributed by atoms with Gasteiger partial charge in [0.2, 0.25) is 0 Å². The first kappa shape index (κ1) is 15.0. The molecule has 1 aromatic rings. The van der Waals surface area contributed by atoms with Gasteiger partial charge in [0.05, 0.1) is 17.9 Å². The average Bonchev–Trinajstić information content (AvgIpc) is 3.16. The van der Waals surface area contributed by atoms with Crippen LogP contribution in [0.15, 0.2) is 12.4 Å². The minimum Gasteiger partial charge on any atom is -0.334 e. The average molecular weight is 317 g/mol. The lowest BCUT2D eigenvalue weighted by molar-refractivity contribution is 0.0801. The molecule has 2 saturated carbocycles. The molecule has 1 spiro atoms. The quantitative estimate of drug-likeness (QED) is 0.901. The summed E-state index contributed by atoms with van der Waals surface area (Å²) < 4.78 is 2.01. The molecule has 126 valence electrons. The van der Waals surface area contributed by atoms with Crippen LogP contribution in [0.5, 0.6) is 0 Å². The molecule has 2 N–H and O–H groups in total. The number of urea groups is 1. The Morgan fingerprint density at radius 3 is 2.74 bits per heavy atom. The molecule has 1 atom stereocenters. The number of amides is 2. The van der Waals surface area contributed by atoms with Gasteiger partial charge in [0.15, 0.2) is 0 Å². The lowest BCUT2D eigenvalue weighted by atomic mass is 9.74. The molecular formula is C17H27N5O. The number of nitrogens with zero attached hydrogens (tertiary/aromatic N) is 3. The first-order valence-corrected chi connectivity index (χ1v) is 8.98. The molecule has 0 aromatic carbocycles. The molecule has 0 bridgehead atoms. The van der Waals surface area contributed by atoms with Crippen LogP contribution in [0.4, 0.5) is 10.5 Å². The van der Waals surface area contributed by atoms with Crippen molar-refractivity contribution in [2.45, 2.75) is 69.0 Å². The van der Waals surface area contributed by atoms with Gasteiger partial charge in [0, 0.05) is 24.3 Å². The molecule has 6 nitrogen and oxygen atoms in total. The van der Waals surface area contributed by atoms with Gasteiger partial charge in [-0.1, -0.05) is 12.8 Å². The number of carbonyl (C=O) groups excluding carboxylic acids is 1. The molecule has 2 heterocycles. The second kappa shape index (κ2) is 5.82. The maximum absolute atomic E-state index is 12.2. The molecule has 1 aromatic heterocycles. The first-order valence-electron chi connectivity index (χ1n) is 8.98. The minimum atomic E-state index is -0.106. The molecule has 6 heteroatoms. The summed E-state index contributed by atoms with van der Waals surface area (Å²) in [4.78, 5) is 14.7. The van der Waals surface area contributed by atoms with E-state index in [0.717, 1.165) is 18.7 Å². The highest BCUT2D eigenvalue weighted by Gasteiger charge is 2.47. The van der Waals surface area contributed by atoms with E-state index in [-0.39, 0.29) is 12.1 Å². The number of anilines is 1. The summed E-state index contributed by atoms with van der Waals surface area (Å²) in [6.45, 7) is 0.953. The normalized spacial score (nSPS) is 27.3. The van der Waals surface area contributed by atoms with Gasteiger partial charge in [0.1, 0.15) is 0 Å². The number of likely N-dealkylation sites (N-methyl/N-ethyl adjacent to an activating group) is 1. The predicted octanol–water partition coefficient (Wildman–Crippen LogP) is 2.75. The van der Waals surface area contributed by atoms with Crippen molar-refractivity contribution in [3.8, 4) is 0 Å². The van der Waals surface area contributed by atoms with Crippen LogP contribution in [0.1, 0.15) is 57.4 Å². The fourth-order valence-electron chi connectivity index (χ4n) is 4.59. The Bertz CT molecular complexity index is 573. The van der Waals surface area contributed by atoms with Crippen molar-refractivity contribution in [1.29, 1.82) is 0 Å². The lowest BCUT2D eigenvalue weighted by Gasteiger charge is -2.44.